The first-order valence-electron chi connectivity index (χ1n) is 9.79. The fourth-order valence-corrected chi connectivity index (χ4v) is 2.85. The van der Waals surface area contributed by atoms with Crippen molar-refractivity contribution in [2.45, 2.75) is 64.5 Å². The molecule has 1 fully saturated rings. The number of carbonyl (C=O) groups is 1. The molecule has 0 saturated carbocycles. The van der Waals surface area contributed by atoms with Crippen molar-refractivity contribution in [1.29, 1.82) is 0 Å². The van der Waals surface area contributed by atoms with Crippen molar-refractivity contribution in [2.75, 3.05) is 45.9 Å². The number of amides is 1. The number of piperidine rings is 1. The minimum Gasteiger partial charge on any atom is -0.444 e. The van der Waals surface area contributed by atoms with Crippen molar-refractivity contribution in [1.82, 2.24) is 9.80 Å². The molecular formula is C20H37N3O3. The second-order valence-electron chi connectivity index (χ2n) is 7.92. The van der Waals surface area contributed by atoms with Crippen LogP contribution in [0.4, 0.5) is 4.79 Å². The normalized spacial score (nSPS) is 16.3. The quantitative estimate of drug-likeness (QED) is 0.474. The number of hydrogen-bond acceptors (Lipinski definition) is 5. The maximum absolute atomic E-state index is 12.2. The molecule has 1 aliphatic heterocycles. The summed E-state index contributed by atoms with van der Waals surface area (Å²) in [4.78, 5) is 16.3. The summed E-state index contributed by atoms with van der Waals surface area (Å²) in [7, 11) is 0. The van der Waals surface area contributed by atoms with Gasteiger partial charge < -0.3 is 25.0 Å². The summed E-state index contributed by atoms with van der Waals surface area (Å²) in [5.74, 6) is 2.57. The molecule has 1 heterocycles. The third-order valence-electron chi connectivity index (χ3n) is 4.29. The smallest absolute Gasteiger partial charge is 0.410 e. The average molecular weight is 368 g/mol. The lowest BCUT2D eigenvalue weighted by Gasteiger charge is -2.29. The lowest BCUT2D eigenvalue weighted by molar-refractivity contribution is 0.0231. The monoisotopic (exact) mass is 367 g/mol. The van der Waals surface area contributed by atoms with E-state index in [1.54, 1.807) is 4.90 Å². The zero-order valence-electron chi connectivity index (χ0n) is 16.8. The molecule has 1 amide bonds. The molecule has 0 radical (unpaired) electrons. The Hall–Kier alpha value is -1.29. The number of carbonyl (C=O) groups excluding carboxylic acids is 1. The van der Waals surface area contributed by atoms with Crippen LogP contribution in [0.2, 0.25) is 0 Å². The van der Waals surface area contributed by atoms with E-state index in [9.17, 15) is 4.79 Å². The third kappa shape index (κ3) is 10.6. The third-order valence-corrected chi connectivity index (χ3v) is 4.29. The topological polar surface area (TPSA) is 68.0 Å². The van der Waals surface area contributed by atoms with E-state index in [-0.39, 0.29) is 6.09 Å². The Morgan fingerprint density at radius 1 is 1.23 bits per heavy atom. The maximum Gasteiger partial charge on any atom is 0.410 e. The maximum atomic E-state index is 12.2. The van der Waals surface area contributed by atoms with Crippen LogP contribution in [0.15, 0.2) is 0 Å². The van der Waals surface area contributed by atoms with Crippen LogP contribution in [-0.2, 0) is 9.47 Å². The van der Waals surface area contributed by atoms with Crippen LogP contribution in [0.3, 0.4) is 0 Å². The van der Waals surface area contributed by atoms with Crippen LogP contribution in [0.5, 0.6) is 0 Å². The zero-order chi connectivity index (χ0) is 19.4. The molecule has 1 aliphatic rings. The van der Waals surface area contributed by atoms with Crippen molar-refractivity contribution < 1.29 is 14.3 Å². The summed E-state index contributed by atoms with van der Waals surface area (Å²) >= 11 is 0. The van der Waals surface area contributed by atoms with Crippen LogP contribution in [0, 0.1) is 12.3 Å². The Labute approximate surface area is 159 Å². The van der Waals surface area contributed by atoms with Gasteiger partial charge in [0.1, 0.15) is 5.60 Å². The van der Waals surface area contributed by atoms with Crippen molar-refractivity contribution >= 4 is 6.09 Å². The average Bonchev–Trinajstić information content (AvgIpc) is 2.56. The van der Waals surface area contributed by atoms with E-state index < -0.39 is 5.60 Å². The van der Waals surface area contributed by atoms with Crippen LogP contribution in [-0.4, -0.2) is 73.5 Å². The van der Waals surface area contributed by atoms with Gasteiger partial charge in [-0.1, -0.05) is 0 Å². The summed E-state index contributed by atoms with van der Waals surface area (Å²) in [6.45, 7) is 11.4. The number of ether oxygens (including phenoxy) is 2. The molecule has 0 aliphatic carbocycles. The van der Waals surface area contributed by atoms with Gasteiger partial charge in [0.05, 0.1) is 0 Å². The number of terminal acetylenes is 1. The Morgan fingerprint density at radius 3 is 2.50 bits per heavy atom. The SMILES string of the molecule is C#CCCN(CCCOCCCN1CCC(N)CC1)C(=O)OC(C)(C)C. The van der Waals surface area contributed by atoms with Gasteiger partial charge in [0.15, 0.2) is 0 Å². The Balaban J connectivity index is 2.13. The molecule has 0 atom stereocenters. The highest BCUT2D eigenvalue weighted by Gasteiger charge is 2.21. The second-order valence-corrected chi connectivity index (χ2v) is 7.92. The molecule has 1 rings (SSSR count). The van der Waals surface area contributed by atoms with E-state index in [0.717, 1.165) is 51.9 Å². The van der Waals surface area contributed by atoms with E-state index in [1.165, 1.54) is 0 Å². The molecule has 0 aromatic carbocycles. The van der Waals surface area contributed by atoms with E-state index >= 15 is 0 Å². The van der Waals surface area contributed by atoms with Gasteiger partial charge in [0, 0.05) is 45.3 Å². The summed E-state index contributed by atoms with van der Waals surface area (Å²) in [6, 6.07) is 0.380. The predicted molar refractivity (Wildman–Crippen MR) is 105 cm³/mol. The summed E-state index contributed by atoms with van der Waals surface area (Å²) in [5, 5.41) is 0. The fourth-order valence-electron chi connectivity index (χ4n) is 2.85. The highest BCUT2D eigenvalue weighted by molar-refractivity contribution is 5.68. The number of nitrogens with two attached hydrogens (primary N) is 1. The Kier molecular flexibility index (Phi) is 10.6. The summed E-state index contributed by atoms with van der Waals surface area (Å²) < 4.78 is 11.1. The molecule has 150 valence electrons. The number of nitrogens with zero attached hydrogens (tertiary/aromatic N) is 2. The van der Waals surface area contributed by atoms with E-state index in [0.29, 0.717) is 32.2 Å². The lowest BCUT2D eigenvalue weighted by Crippen LogP contribution is -2.40. The first-order chi connectivity index (χ1) is 12.3. The minimum absolute atomic E-state index is 0.309. The van der Waals surface area contributed by atoms with E-state index in [1.807, 2.05) is 20.8 Å². The zero-order valence-corrected chi connectivity index (χ0v) is 16.8. The van der Waals surface area contributed by atoms with Crippen LogP contribution in [0.1, 0.15) is 52.9 Å². The largest absolute Gasteiger partial charge is 0.444 e. The van der Waals surface area contributed by atoms with Gasteiger partial charge in [-0.25, -0.2) is 4.79 Å². The summed E-state index contributed by atoms with van der Waals surface area (Å²) in [5.41, 5.74) is 5.42. The first-order valence-corrected chi connectivity index (χ1v) is 9.79. The van der Waals surface area contributed by atoms with Gasteiger partial charge in [0.2, 0.25) is 0 Å². The first kappa shape index (κ1) is 22.8. The van der Waals surface area contributed by atoms with Gasteiger partial charge in [-0.05, 0) is 59.5 Å². The molecule has 2 N–H and O–H groups in total. The van der Waals surface area contributed by atoms with Crippen molar-refractivity contribution in [2.24, 2.45) is 5.73 Å². The van der Waals surface area contributed by atoms with Crippen LogP contribution < -0.4 is 5.73 Å². The minimum atomic E-state index is -0.500. The van der Waals surface area contributed by atoms with Gasteiger partial charge >= 0.3 is 6.09 Å². The van der Waals surface area contributed by atoms with Crippen LogP contribution >= 0.6 is 0 Å². The molecule has 0 aromatic rings. The predicted octanol–water partition coefficient (Wildman–Crippen LogP) is 2.47. The van der Waals surface area contributed by atoms with Crippen molar-refractivity contribution in [3.63, 3.8) is 0 Å². The lowest BCUT2D eigenvalue weighted by atomic mass is 10.1. The molecule has 0 bridgehead atoms. The van der Waals surface area contributed by atoms with Gasteiger partial charge in [-0.2, -0.15) is 0 Å². The van der Waals surface area contributed by atoms with Crippen molar-refractivity contribution in [3.05, 3.63) is 0 Å². The molecule has 26 heavy (non-hydrogen) atoms. The molecule has 6 nitrogen and oxygen atoms in total. The number of rotatable bonds is 10. The van der Waals surface area contributed by atoms with Crippen LogP contribution in [0.25, 0.3) is 0 Å². The Bertz CT molecular complexity index is 435. The molecule has 0 aromatic heterocycles. The molecule has 6 heteroatoms. The van der Waals surface area contributed by atoms with E-state index in [4.69, 9.17) is 21.6 Å². The van der Waals surface area contributed by atoms with Crippen molar-refractivity contribution in [3.8, 4) is 12.3 Å². The number of hydrogen-bond donors (Lipinski definition) is 1. The fraction of sp³-hybridized carbons (Fsp3) is 0.850. The molecule has 0 spiro atoms. The van der Waals surface area contributed by atoms with Gasteiger partial charge in [-0.3, -0.25) is 0 Å². The molecular weight excluding hydrogens is 330 g/mol. The second kappa shape index (κ2) is 12.2. The molecule has 0 unspecified atom stereocenters. The highest BCUT2D eigenvalue weighted by atomic mass is 16.6. The summed E-state index contributed by atoms with van der Waals surface area (Å²) in [6.07, 6.45) is 9.54. The van der Waals surface area contributed by atoms with E-state index in [2.05, 4.69) is 10.8 Å². The standard InChI is InChI=1S/C20H37N3O3/c1-5-6-12-23(19(24)26-20(2,3)4)13-8-17-25-16-7-11-22-14-9-18(21)10-15-22/h1,18H,6-17,21H2,2-4H3. The highest BCUT2D eigenvalue weighted by Crippen LogP contribution is 2.11. The number of likely N-dealkylation sites (tertiary alicyclic amines) is 1. The molecule has 1 saturated heterocycles. The van der Waals surface area contributed by atoms with Gasteiger partial charge in [0.25, 0.3) is 0 Å². The van der Waals surface area contributed by atoms with Gasteiger partial charge in [-0.15, -0.1) is 12.3 Å². The Morgan fingerprint density at radius 2 is 1.88 bits per heavy atom.